The fourth-order valence-corrected chi connectivity index (χ4v) is 20.4. The Bertz CT molecular complexity index is 3630. The van der Waals surface area contributed by atoms with Gasteiger partial charge in [0.25, 0.3) is 17.7 Å². The predicted octanol–water partition coefficient (Wildman–Crippen LogP) is 13.3. The van der Waals surface area contributed by atoms with Crippen LogP contribution in [0.25, 0.3) is 5.69 Å². The minimum absolute atomic E-state index is 0.0583. The third-order valence-corrected chi connectivity index (χ3v) is 25.7. The Balaban J connectivity index is 0.000000139. The van der Waals surface area contributed by atoms with Crippen molar-refractivity contribution in [3.63, 3.8) is 0 Å². The number of hydrogen-bond acceptors (Lipinski definition) is 12. The van der Waals surface area contributed by atoms with Crippen molar-refractivity contribution in [2.45, 2.75) is 268 Å². The minimum Gasteiger partial charge on any atom is -0.453 e. The zero-order chi connectivity index (χ0) is 69.5. The number of methoxy groups -OCH3 is 2. The van der Waals surface area contributed by atoms with Gasteiger partial charge in [0.05, 0.1) is 51.3 Å². The molecule has 21 heteroatoms. The molecule has 3 aliphatic heterocycles. The number of unbranched alkanes of at least 4 members (excludes halogenated alkanes) is 1. The molecule has 3 aromatic heterocycles. The number of nitrogens with one attached hydrogen (secondary N) is 3. The average molecular weight is 1340 g/mol. The van der Waals surface area contributed by atoms with Gasteiger partial charge in [0.15, 0.2) is 17.1 Å². The van der Waals surface area contributed by atoms with Gasteiger partial charge in [-0.15, -0.1) is 0 Å². The third-order valence-electron chi connectivity index (χ3n) is 25.7. The van der Waals surface area contributed by atoms with Gasteiger partial charge in [0.1, 0.15) is 5.60 Å². The summed E-state index contributed by atoms with van der Waals surface area (Å²) in [6, 6.07) is 10.6. The molecule has 0 spiro atoms. The van der Waals surface area contributed by atoms with Crippen molar-refractivity contribution >= 4 is 36.0 Å². The van der Waals surface area contributed by atoms with Crippen molar-refractivity contribution in [3.8, 4) is 5.69 Å². The molecule has 0 radical (unpaired) electrons. The second-order valence-corrected chi connectivity index (χ2v) is 34.3. The quantitative estimate of drug-likeness (QED) is 0.119. The highest BCUT2D eigenvalue weighted by Gasteiger charge is 2.62. The maximum Gasteiger partial charge on any atom is 0.410 e. The number of para-hydroxylation sites is 1. The number of rotatable bonds is 11. The summed E-state index contributed by atoms with van der Waals surface area (Å²) in [5, 5.41) is 24.7. The Kier molecular flexibility index (Phi) is 19.0. The molecule has 530 valence electrons. The first-order chi connectivity index (χ1) is 45.8. The van der Waals surface area contributed by atoms with E-state index in [-0.39, 0.29) is 86.6 Å². The summed E-state index contributed by atoms with van der Waals surface area (Å²) in [5.41, 5.74) is 8.27. The molecule has 6 amide bonds. The SMILES string of the molecule is CC(C)(C)OC(=O)N1CCc2c(c(C(=O)NC3C4(C)CCC(C4)C3(C)C)nn2C2CCCCC2)C1.CCCCn1nc(C(=O)NC2C3(C)CCC(C3)C2(C)C)c2c1CCN(C(=O)OC)C2.COC(=O)N1CCc2c(c(C(=O)NC3C4(C)CCC(C4)C3(C)C)nn2-c2ccccc2)C1. The van der Waals surface area contributed by atoms with Gasteiger partial charge >= 0.3 is 18.3 Å². The summed E-state index contributed by atoms with van der Waals surface area (Å²) in [4.78, 5) is 83.2. The van der Waals surface area contributed by atoms with Crippen LogP contribution in [0.5, 0.6) is 0 Å². The highest BCUT2D eigenvalue weighted by molar-refractivity contribution is 5.96. The van der Waals surface area contributed by atoms with E-state index >= 15 is 0 Å². The largest absolute Gasteiger partial charge is 0.453 e. The number of aromatic nitrogens is 6. The third kappa shape index (κ3) is 13.0. The summed E-state index contributed by atoms with van der Waals surface area (Å²) < 4.78 is 21.5. The number of benzene rings is 1. The Morgan fingerprint density at radius 2 is 0.938 bits per heavy atom. The standard InChI is InChI=1S/C28H44N4O3.C25H32N4O3.C23H36N4O3/c1-26(2,3)35-25(34)31-15-13-21-20(17-31)22(30-32(21)19-10-8-7-9-11-19)23(33)29-24-27(4,5)18-12-14-28(24,6)16-18;1-24(2)16-10-12-25(3,14-16)22(24)26-21(30)20-18-15-28(23(31)32-4)13-11-19(18)29(27-20)17-8-6-5-7-9-17;1-6-7-11-27-17-9-12-26(21(29)30-5)14-16(17)18(25-27)19(28)24-20-22(2,3)15-8-10-23(20,4)13-15/h18-19,24H,7-17H2,1-6H3,(H,29,33);5-9,16,22H,10-15H2,1-4H3,(H,26,30);15,20H,6-14H2,1-5H3,(H,24,28). The minimum atomic E-state index is -0.549. The number of aryl methyl sites for hydroxylation is 1. The van der Waals surface area contributed by atoms with Crippen LogP contribution in [0.1, 0.15) is 264 Å². The Labute approximate surface area is 575 Å². The topological polar surface area (TPSA) is 229 Å². The fourth-order valence-electron chi connectivity index (χ4n) is 20.4. The molecule has 1 aromatic carbocycles. The average Bonchev–Trinajstić information content (AvgIpc) is 1.58. The fraction of sp³-hybridized carbons (Fsp3) is 0.724. The van der Waals surface area contributed by atoms with Gasteiger partial charge in [-0.05, 0) is 160 Å². The molecule has 0 saturated heterocycles. The molecule has 3 N–H and O–H groups in total. The number of ether oxygens (including phenoxy) is 3. The van der Waals surface area contributed by atoms with Crippen LogP contribution in [0.3, 0.4) is 0 Å². The lowest BCUT2D eigenvalue weighted by atomic mass is 9.68. The first kappa shape index (κ1) is 70.0. The summed E-state index contributed by atoms with van der Waals surface area (Å²) in [7, 11) is 2.78. The van der Waals surface area contributed by atoms with Crippen molar-refractivity contribution in [3.05, 3.63) is 81.2 Å². The molecule has 6 heterocycles. The summed E-state index contributed by atoms with van der Waals surface area (Å²) >= 11 is 0. The van der Waals surface area contributed by atoms with Gasteiger partial charge in [-0.3, -0.25) is 23.7 Å². The van der Waals surface area contributed by atoms with Crippen molar-refractivity contribution in [1.82, 2.24) is 60.0 Å². The number of nitrogens with zero attached hydrogens (tertiary/aromatic N) is 9. The smallest absolute Gasteiger partial charge is 0.410 e. The van der Waals surface area contributed by atoms with Gasteiger partial charge in [0.2, 0.25) is 0 Å². The first-order valence-electron chi connectivity index (χ1n) is 36.8. The number of hydrogen-bond donors (Lipinski definition) is 3. The van der Waals surface area contributed by atoms with Gasteiger partial charge < -0.3 is 44.9 Å². The van der Waals surface area contributed by atoms with E-state index in [0.29, 0.717) is 99.4 Å². The van der Waals surface area contributed by atoms with E-state index in [0.717, 1.165) is 84.5 Å². The molecule has 7 aliphatic carbocycles. The molecule has 14 rings (SSSR count). The van der Waals surface area contributed by atoms with Crippen molar-refractivity contribution in [2.24, 2.45) is 50.2 Å². The molecule has 6 bridgehead atoms. The van der Waals surface area contributed by atoms with Crippen LogP contribution in [0.2, 0.25) is 0 Å². The second kappa shape index (κ2) is 26.3. The molecule has 9 unspecified atom stereocenters. The second-order valence-electron chi connectivity index (χ2n) is 34.3. The van der Waals surface area contributed by atoms with Gasteiger partial charge in [-0.2, -0.15) is 15.3 Å². The summed E-state index contributed by atoms with van der Waals surface area (Å²) in [6.45, 7) is 32.2. The molecule has 97 heavy (non-hydrogen) atoms. The lowest BCUT2D eigenvalue weighted by Crippen LogP contribution is -2.52. The predicted molar refractivity (Wildman–Crippen MR) is 370 cm³/mol. The normalized spacial score (nSPS) is 29.1. The van der Waals surface area contributed by atoms with Crippen LogP contribution in [-0.2, 0) is 59.7 Å². The van der Waals surface area contributed by atoms with Crippen LogP contribution >= 0.6 is 0 Å². The maximum atomic E-state index is 13.9. The van der Waals surface area contributed by atoms with Crippen LogP contribution in [0.15, 0.2) is 30.3 Å². The van der Waals surface area contributed by atoms with E-state index in [1.165, 1.54) is 78.4 Å². The van der Waals surface area contributed by atoms with Crippen LogP contribution in [-0.4, -0.2) is 138 Å². The first-order valence-corrected chi connectivity index (χ1v) is 36.8. The highest BCUT2D eigenvalue weighted by atomic mass is 16.6. The van der Waals surface area contributed by atoms with Crippen molar-refractivity contribution in [2.75, 3.05) is 33.9 Å². The zero-order valence-electron chi connectivity index (χ0n) is 61.0. The molecular weight excluding hydrogens is 1220 g/mol. The van der Waals surface area contributed by atoms with Crippen molar-refractivity contribution in [1.29, 1.82) is 0 Å². The van der Waals surface area contributed by atoms with E-state index in [2.05, 4.69) is 89.9 Å². The zero-order valence-corrected chi connectivity index (χ0v) is 61.0. The highest BCUT2D eigenvalue weighted by Crippen LogP contribution is 2.65. The summed E-state index contributed by atoms with van der Waals surface area (Å²) in [5.74, 6) is 1.65. The van der Waals surface area contributed by atoms with Gasteiger partial charge in [-0.25, -0.2) is 19.1 Å². The van der Waals surface area contributed by atoms with Gasteiger partial charge in [0, 0.05) is 91.6 Å². The molecule has 4 aromatic rings. The number of carbonyl (C=O) groups is 6. The van der Waals surface area contributed by atoms with E-state index in [1.54, 1.807) is 14.7 Å². The molecule has 7 saturated carbocycles. The molecule has 9 atom stereocenters. The molecule has 7 fully saturated rings. The molecular formula is C76H112N12O9. The molecule has 10 aliphatic rings. The van der Waals surface area contributed by atoms with E-state index in [9.17, 15) is 28.8 Å². The number of fused-ring (bicyclic) bond motifs is 9. The van der Waals surface area contributed by atoms with Crippen LogP contribution in [0, 0.1) is 50.2 Å². The van der Waals surface area contributed by atoms with E-state index in [1.807, 2.05) is 60.5 Å². The lowest BCUT2D eigenvalue weighted by molar-refractivity contribution is 0.0220. The number of amides is 6. The van der Waals surface area contributed by atoms with E-state index in [4.69, 9.17) is 29.5 Å². The van der Waals surface area contributed by atoms with Crippen LogP contribution < -0.4 is 16.0 Å². The molecule has 21 nitrogen and oxygen atoms in total. The Morgan fingerprint density at radius 1 is 0.526 bits per heavy atom. The van der Waals surface area contributed by atoms with Crippen molar-refractivity contribution < 1.29 is 43.0 Å². The van der Waals surface area contributed by atoms with Crippen LogP contribution in [0.4, 0.5) is 14.4 Å². The Hall–Kier alpha value is -6.93. The maximum absolute atomic E-state index is 13.9. The Morgan fingerprint density at radius 3 is 1.37 bits per heavy atom. The lowest BCUT2D eigenvalue weighted by Gasteiger charge is -2.43. The monoisotopic (exact) mass is 1340 g/mol. The van der Waals surface area contributed by atoms with E-state index < -0.39 is 5.60 Å². The van der Waals surface area contributed by atoms with Gasteiger partial charge in [-0.1, -0.05) is 113 Å². The summed E-state index contributed by atoms with van der Waals surface area (Å²) in [6.07, 6.45) is 19.8. The number of carbonyl (C=O) groups excluding carboxylic acids is 6.